The SMILES string of the molecule is Cn1cccc1[C@@H](C(=O)NC1CCCCC1)N(CCc1ccccc1)C(=O)Cc1cccs1. The second-order valence-electron chi connectivity index (χ2n) is 8.87. The number of amides is 2. The molecule has 4 rings (SSSR count). The van der Waals surface area contributed by atoms with Gasteiger partial charge in [-0.1, -0.05) is 55.7 Å². The molecule has 3 aromatic rings. The van der Waals surface area contributed by atoms with Crippen LogP contribution < -0.4 is 5.32 Å². The molecule has 174 valence electrons. The van der Waals surface area contributed by atoms with Gasteiger partial charge in [0, 0.05) is 36.4 Å². The van der Waals surface area contributed by atoms with Gasteiger partial charge in [-0.05, 0) is 48.4 Å². The van der Waals surface area contributed by atoms with Crippen molar-refractivity contribution in [2.24, 2.45) is 7.05 Å². The van der Waals surface area contributed by atoms with Crippen LogP contribution in [0.1, 0.15) is 54.3 Å². The Bertz CT molecular complexity index is 1020. The fourth-order valence-electron chi connectivity index (χ4n) is 4.68. The van der Waals surface area contributed by atoms with Gasteiger partial charge in [-0.25, -0.2) is 0 Å². The predicted octanol–water partition coefficient (Wildman–Crippen LogP) is 4.89. The van der Waals surface area contributed by atoms with Crippen LogP contribution >= 0.6 is 11.3 Å². The second-order valence-corrected chi connectivity index (χ2v) is 9.90. The van der Waals surface area contributed by atoms with Gasteiger partial charge in [-0.2, -0.15) is 0 Å². The first-order valence-electron chi connectivity index (χ1n) is 11.9. The number of nitrogens with zero attached hydrogens (tertiary/aromatic N) is 2. The molecular formula is C27H33N3O2S. The average molecular weight is 464 g/mol. The van der Waals surface area contributed by atoms with Gasteiger partial charge in [-0.3, -0.25) is 9.59 Å². The molecule has 0 unspecified atom stereocenters. The molecule has 2 heterocycles. The van der Waals surface area contributed by atoms with Gasteiger partial charge in [0.05, 0.1) is 6.42 Å². The summed E-state index contributed by atoms with van der Waals surface area (Å²) in [6.07, 6.45) is 8.51. The minimum atomic E-state index is -0.650. The number of carbonyl (C=O) groups excluding carboxylic acids is 2. The third-order valence-corrected chi connectivity index (χ3v) is 7.36. The van der Waals surface area contributed by atoms with Crippen molar-refractivity contribution in [2.75, 3.05) is 6.54 Å². The summed E-state index contributed by atoms with van der Waals surface area (Å²) < 4.78 is 1.96. The first-order valence-corrected chi connectivity index (χ1v) is 12.8. The first-order chi connectivity index (χ1) is 16.1. The Kier molecular flexibility index (Phi) is 8.00. The zero-order chi connectivity index (χ0) is 23.0. The Morgan fingerprint density at radius 1 is 1.06 bits per heavy atom. The van der Waals surface area contributed by atoms with Gasteiger partial charge < -0.3 is 14.8 Å². The molecule has 0 radical (unpaired) electrons. The van der Waals surface area contributed by atoms with Crippen molar-refractivity contribution in [2.45, 2.75) is 57.0 Å². The molecule has 1 N–H and O–H groups in total. The number of aromatic nitrogens is 1. The van der Waals surface area contributed by atoms with Gasteiger partial charge >= 0.3 is 0 Å². The summed E-state index contributed by atoms with van der Waals surface area (Å²) in [5.74, 6) is -0.0883. The molecule has 6 heteroatoms. The third-order valence-electron chi connectivity index (χ3n) is 6.49. The lowest BCUT2D eigenvalue weighted by molar-refractivity contribution is -0.141. The fourth-order valence-corrected chi connectivity index (χ4v) is 5.37. The smallest absolute Gasteiger partial charge is 0.249 e. The maximum Gasteiger partial charge on any atom is 0.249 e. The van der Waals surface area contributed by atoms with Crippen LogP contribution in [-0.2, 0) is 29.5 Å². The molecule has 2 aromatic heterocycles. The van der Waals surface area contributed by atoms with E-state index in [-0.39, 0.29) is 17.9 Å². The standard InChI is InChI=1S/C27H33N3O2S/c1-29-17-8-15-24(29)26(27(32)28-22-12-6-3-7-13-22)30(18-16-21-10-4-2-5-11-21)25(31)20-23-14-9-19-33-23/h2,4-5,8-11,14-15,17,19,22,26H,3,6-7,12-13,16,18,20H2,1H3,(H,28,32)/t26-/m0/s1. The Morgan fingerprint density at radius 3 is 2.52 bits per heavy atom. The van der Waals surface area contributed by atoms with Crippen LogP contribution in [0.15, 0.2) is 66.2 Å². The monoisotopic (exact) mass is 463 g/mol. The van der Waals surface area contributed by atoms with E-state index < -0.39 is 6.04 Å². The fraction of sp³-hybridized carbons (Fsp3) is 0.407. The highest BCUT2D eigenvalue weighted by molar-refractivity contribution is 7.10. The minimum absolute atomic E-state index is 0.0154. The molecule has 1 saturated carbocycles. The minimum Gasteiger partial charge on any atom is -0.352 e. The Morgan fingerprint density at radius 2 is 1.85 bits per heavy atom. The molecular weight excluding hydrogens is 430 g/mol. The zero-order valence-corrected chi connectivity index (χ0v) is 20.1. The summed E-state index contributed by atoms with van der Waals surface area (Å²) in [5.41, 5.74) is 2.00. The van der Waals surface area contributed by atoms with Gasteiger partial charge in [0.1, 0.15) is 0 Å². The number of benzene rings is 1. The Balaban J connectivity index is 1.62. The van der Waals surface area contributed by atoms with Crippen LogP contribution in [0.3, 0.4) is 0 Å². The summed E-state index contributed by atoms with van der Waals surface area (Å²) in [6.45, 7) is 0.488. The average Bonchev–Trinajstić information content (AvgIpc) is 3.49. The number of aryl methyl sites for hydroxylation is 1. The maximum atomic E-state index is 13.7. The number of thiophene rings is 1. The molecule has 1 fully saturated rings. The van der Waals surface area contributed by atoms with E-state index in [0.717, 1.165) is 41.8 Å². The molecule has 0 saturated heterocycles. The van der Waals surface area contributed by atoms with Gasteiger partial charge in [0.15, 0.2) is 6.04 Å². The molecule has 1 aromatic carbocycles. The maximum absolute atomic E-state index is 13.7. The van der Waals surface area contributed by atoms with Crippen molar-refractivity contribution >= 4 is 23.2 Å². The Labute approximate surface area is 200 Å². The number of carbonyl (C=O) groups is 2. The van der Waals surface area contributed by atoms with Crippen molar-refractivity contribution in [3.8, 4) is 0 Å². The van der Waals surface area contributed by atoms with Gasteiger partial charge in [0.25, 0.3) is 0 Å². The number of rotatable bonds is 9. The lowest BCUT2D eigenvalue weighted by atomic mass is 9.95. The van der Waals surface area contributed by atoms with Crippen molar-refractivity contribution in [1.29, 1.82) is 0 Å². The molecule has 33 heavy (non-hydrogen) atoms. The van der Waals surface area contributed by atoms with E-state index in [1.54, 1.807) is 16.2 Å². The van der Waals surface area contributed by atoms with Crippen LogP contribution in [0.4, 0.5) is 0 Å². The highest BCUT2D eigenvalue weighted by atomic mass is 32.1. The first kappa shape index (κ1) is 23.3. The molecule has 5 nitrogen and oxygen atoms in total. The largest absolute Gasteiger partial charge is 0.352 e. The molecule has 2 amide bonds. The van der Waals surface area contributed by atoms with E-state index in [4.69, 9.17) is 0 Å². The van der Waals surface area contributed by atoms with E-state index in [1.807, 2.05) is 65.7 Å². The van der Waals surface area contributed by atoms with E-state index in [2.05, 4.69) is 17.4 Å². The number of hydrogen-bond donors (Lipinski definition) is 1. The topological polar surface area (TPSA) is 54.3 Å². The lowest BCUT2D eigenvalue weighted by Gasteiger charge is -2.33. The van der Waals surface area contributed by atoms with Gasteiger partial charge in [0.2, 0.25) is 11.8 Å². The number of hydrogen-bond acceptors (Lipinski definition) is 3. The Hall–Kier alpha value is -2.86. The lowest BCUT2D eigenvalue weighted by Crippen LogP contribution is -2.48. The van der Waals surface area contributed by atoms with Crippen molar-refractivity contribution < 1.29 is 9.59 Å². The van der Waals surface area contributed by atoms with Crippen LogP contribution in [0.5, 0.6) is 0 Å². The summed E-state index contributed by atoms with van der Waals surface area (Å²) in [5, 5.41) is 5.27. The summed E-state index contributed by atoms with van der Waals surface area (Å²) in [6, 6.07) is 17.5. The molecule has 1 aliphatic carbocycles. The summed E-state index contributed by atoms with van der Waals surface area (Å²) in [4.78, 5) is 30.1. The predicted molar refractivity (Wildman–Crippen MR) is 133 cm³/mol. The molecule has 1 aliphatic rings. The van der Waals surface area contributed by atoms with E-state index in [0.29, 0.717) is 19.4 Å². The number of nitrogens with one attached hydrogen (secondary N) is 1. The van der Waals surface area contributed by atoms with E-state index >= 15 is 0 Å². The second kappa shape index (κ2) is 11.3. The van der Waals surface area contributed by atoms with Crippen LogP contribution in [0, 0.1) is 0 Å². The van der Waals surface area contributed by atoms with Crippen LogP contribution in [0.25, 0.3) is 0 Å². The van der Waals surface area contributed by atoms with E-state index in [1.165, 1.54) is 6.42 Å². The summed E-state index contributed by atoms with van der Waals surface area (Å²) >= 11 is 1.58. The third kappa shape index (κ3) is 6.14. The molecule has 0 aliphatic heterocycles. The van der Waals surface area contributed by atoms with Crippen molar-refractivity contribution in [1.82, 2.24) is 14.8 Å². The summed E-state index contributed by atoms with van der Waals surface area (Å²) in [7, 11) is 1.94. The van der Waals surface area contributed by atoms with Crippen molar-refractivity contribution in [3.63, 3.8) is 0 Å². The van der Waals surface area contributed by atoms with Gasteiger partial charge in [-0.15, -0.1) is 11.3 Å². The molecule has 0 spiro atoms. The van der Waals surface area contributed by atoms with Crippen LogP contribution in [-0.4, -0.2) is 33.9 Å². The van der Waals surface area contributed by atoms with Crippen molar-refractivity contribution in [3.05, 3.63) is 82.3 Å². The highest BCUT2D eigenvalue weighted by Gasteiger charge is 2.34. The normalized spacial score (nSPS) is 15.2. The quantitative estimate of drug-likeness (QED) is 0.491. The molecule has 1 atom stereocenters. The highest BCUT2D eigenvalue weighted by Crippen LogP contribution is 2.26. The van der Waals surface area contributed by atoms with E-state index in [9.17, 15) is 9.59 Å². The molecule has 0 bridgehead atoms. The van der Waals surface area contributed by atoms with Crippen LogP contribution in [0.2, 0.25) is 0 Å². The zero-order valence-electron chi connectivity index (χ0n) is 19.3.